The van der Waals surface area contributed by atoms with E-state index in [0.717, 1.165) is 18.4 Å². The fraction of sp³-hybridized carbons (Fsp3) is 0.429. The summed E-state index contributed by atoms with van der Waals surface area (Å²) in [5.41, 5.74) is 1.37. The molecule has 1 amide bonds. The second-order valence-corrected chi connectivity index (χ2v) is 8.46. The molecule has 7 nitrogen and oxygen atoms in total. The maximum absolute atomic E-state index is 13.6. The Balaban J connectivity index is 1.79. The predicted octanol–water partition coefficient (Wildman–Crippen LogP) is 5.34. The van der Waals surface area contributed by atoms with Crippen LogP contribution >= 0.6 is 0 Å². The van der Waals surface area contributed by atoms with Gasteiger partial charge in [0, 0.05) is 19.8 Å². The minimum absolute atomic E-state index is 0.108. The first-order valence-electron chi connectivity index (χ1n) is 12.4. The van der Waals surface area contributed by atoms with Gasteiger partial charge in [-0.1, -0.05) is 31.5 Å². The number of rotatable bonds is 12. The highest BCUT2D eigenvalue weighted by Gasteiger charge is 2.42. The summed E-state index contributed by atoms with van der Waals surface area (Å²) in [6, 6.07) is 12.1. The molecule has 2 heterocycles. The van der Waals surface area contributed by atoms with Gasteiger partial charge in [-0.15, -0.1) is 0 Å². The van der Waals surface area contributed by atoms with Crippen LogP contribution in [0.3, 0.4) is 0 Å². The number of benzene rings is 2. The van der Waals surface area contributed by atoms with Crippen molar-refractivity contribution in [1.29, 1.82) is 0 Å². The van der Waals surface area contributed by atoms with Crippen LogP contribution in [0.25, 0.3) is 11.0 Å². The highest BCUT2D eigenvalue weighted by atomic mass is 16.5. The Morgan fingerprint density at radius 1 is 0.914 bits per heavy atom. The van der Waals surface area contributed by atoms with E-state index in [-0.39, 0.29) is 17.1 Å². The molecule has 35 heavy (non-hydrogen) atoms. The molecule has 0 N–H and O–H groups in total. The molecule has 1 aromatic heterocycles. The molecule has 1 atom stereocenters. The third-order valence-electron chi connectivity index (χ3n) is 6.10. The lowest BCUT2D eigenvalue weighted by Crippen LogP contribution is -2.31. The van der Waals surface area contributed by atoms with Crippen molar-refractivity contribution in [3.8, 4) is 11.5 Å². The second-order valence-electron chi connectivity index (χ2n) is 8.46. The van der Waals surface area contributed by atoms with Gasteiger partial charge in [0.1, 0.15) is 5.58 Å². The zero-order valence-electron chi connectivity index (χ0n) is 20.7. The monoisotopic (exact) mass is 479 g/mol. The van der Waals surface area contributed by atoms with Crippen molar-refractivity contribution in [3.63, 3.8) is 0 Å². The van der Waals surface area contributed by atoms with Crippen molar-refractivity contribution < 1.29 is 23.4 Å². The van der Waals surface area contributed by atoms with Gasteiger partial charge in [0.25, 0.3) is 5.91 Å². The first kappa shape index (κ1) is 24.8. The Hall–Kier alpha value is -3.32. The lowest BCUT2D eigenvalue weighted by atomic mass is 9.98. The smallest absolute Gasteiger partial charge is 0.290 e. The summed E-state index contributed by atoms with van der Waals surface area (Å²) in [7, 11) is 0. The molecule has 3 aromatic rings. The molecule has 0 bridgehead atoms. The van der Waals surface area contributed by atoms with Crippen molar-refractivity contribution in [2.75, 3.05) is 33.0 Å². The van der Waals surface area contributed by atoms with Gasteiger partial charge >= 0.3 is 0 Å². The summed E-state index contributed by atoms with van der Waals surface area (Å²) < 4.78 is 23.3. The number of carbonyl (C=O) groups is 1. The number of hydrogen-bond acceptors (Lipinski definition) is 6. The molecule has 1 unspecified atom stereocenters. The van der Waals surface area contributed by atoms with Gasteiger partial charge in [-0.25, -0.2) is 0 Å². The number of fused-ring (bicyclic) bond motifs is 2. The van der Waals surface area contributed by atoms with Crippen LogP contribution in [0, 0.1) is 0 Å². The molecule has 1 aliphatic rings. The SMILES string of the molecule is CCCCOc1ccc(C2c3c(oc4ccccc4c3=O)C(=O)N2CCCOCC)cc1OCC. The molecule has 0 aliphatic carbocycles. The van der Waals surface area contributed by atoms with Crippen molar-refractivity contribution >= 4 is 16.9 Å². The fourth-order valence-corrected chi connectivity index (χ4v) is 4.43. The van der Waals surface area contributed by atoms with Crippen molar-refractivity contribution in [2.45, 2.75) is 46.1 Å². The Morgan fingerprint density at radius 3 is 2.51 bits per heavy atom. The molecule has 7 heteroatoms. The molecule has 186 valence electrons. The largest absolute Gasteiger partial charge is 0.490 e. The van der Waals surface area contributed by atoms with Crippen molar-refractivity contribution in [2.24, 2.45) is 0 Å². The fourth-order valence-electron chi connectivity index (χ4n) is 4.43. The number of nitrogens with zero attached hydrogens (tertiary/aromatic N) is 1. The number of unbranched alkanes of at least 4 members (excludes halogenated alkanes) is 1. The van der Waals surface area contributed by atoms with Crippen LogP contribution in [0.5, 0.6) is 11.5 Å². The Kier molecular flexibility index (Phi) is 8.08. The third kappa shape index (κ3) is 5.05. The summed E-state index contributed by atoms with van der Waals surface area (Å²) in [6.07, 6.45) is 2.62. The number of ether oxygens (including phenoxy) is 3. The van der Waals surface area contributed by atoms with Gasteiger partial charge in [-0.3, -0.25) is 9.59 Å². The van der Waals surface area contributed by atoms with E-state index in [9.17, 15) is 9.59 Å². The highest BCUT2D eigenvalue weighted by molar-refractivity contribution is 5.99. The standard InChI is InChI=1S/C28H33NO6/c1-4-7-17-34-22-14-13-19(18-23(22)33-6-3)25-24-26(30)20-11-8-9-12-21(20)35-27(24)28(31)29(25)15-10-16-32-5-2/h8-9,11-14,18,25H,4-7,10,15-17H2,1-3H3. The number of para-hydroxylation sites is 1. The molecular formula is C28H33NO6. The van der Waals surface area contributed by atoms with E-state index in [1.165, 1.54) is 0 Å². The summed E-state index contributed by atoms with van der Waals surface area (Å²) in [5, 5.41) is 0.463. The zero-order chi connectivity index (χ0) is 24.8. The first-order valence-corrected chi connectivity index (χ1v) is 12.4. The van der Waals surface area contributed by atoms with E-state index in [1.54, 1.807) is 29.2 Å². The maximum atomic E-state index is 13.6. The first-order chi connectivity index (χ1) is 17.1. The third-order valence-corrected chi connectivity index (χ3v) is 6.10. The predicted molar refractivity (Wildman–Crippen MR) is 134 cm³/mol. The quantitative estimate of drug-likeness (QED) is 0.326. The van der Waals surface area contributed by atoms with Gasteiger partial charge in [0.2, 0.25) is 5.76 Å². The van der Waals surface area contributed by atoms with Crippen LogP contribution < -0.4 is 14.9 Å². The van der Waals surface area contributed by atoms with E-state index in [2.05, 4.69) is 6.92 Å². The molecule has 0 saturated carbocycles. The molecule has 1 aliphatic heterocycles. The van der Waals surface area contributed by atoms with E-state index >= 15 is 0 Å². The van der Waals surface area contributed by atoms with Crippen LogP contribution in [0.1, 0.15) is 67.8 Å². The normalized spacial score (nSPS) is 15.0. The van der Waals surface area contributed by atoms with E-state index in [1.807, 2.05) is 32.0 Å². The molecule has 0 radical (unpaired) electrons. The lowest BCUT2D eigenvalue weighted by molar-refractivity contribution is 0.0695. The van der Waals surface area contributed by atoms with Crippen LogP contribution in [0.2, 0.25) is 0 Å². The second kappa shape index (κ2) is 11.4. The minimum Gasteiger partial charge on any atom is -0.490 e. The molecule has 4 rings (SSSR count). The molecule has 0 fully saturated rings. The average molecular weight is 480 g/mol. The number of carbonyl (C=O) groups excluding carboxylic acids is 1. The van der Waals surface area contributed by atoms with E-state index < -0.39 is 6.04 Å². The van der Waals surface area contributed by atoms with Crippen molar-refractivity contribution in [1.82, 2.24) is 4.90 Å². The summed E-state index contributed by atoms with van der Waals surface area (Å²) >= 11 is 0. The lowest BCUT2D eigenvalue weighted by Gasteiger charge is -2.26. The van der Waals surface area contributed by atoms with Gasteiger partial charge in [-0.2, -0.15) is 0 Å². The van der Waals surface area contributed by atoms with E-state index in [0.29, 0.717) is 67.4 Å². The topological polar surface area (TPSA) is 78.2 Å². The van der Waals surface area contributed by atoms with Crippen molar-refractivity contribution in [3.05, 3.63) is 69.6 Å². The van der Waals surface area contributed by atoms with Gasteiger partial charge in [0.05, 0.1) is 30.2 Å². The molecular weight excluding hydrogens is 446 g/mol. The number of amides is 1. The minimum atomic E-state index is -0.580. The van der Waals surface area contributed by atoms with Gasteiger partial charge in [-0.05, 0) is 56.5 Å². The average Bonchev–Trinajstić information content (AvgIpc) is 3.15. The summed E-state index contributed by atoms with van der Waals surface area (Å²) in [5.74, 6) is 1.07. The Bertz CT molecular complexity index is 1230. The molecule has 0 spiro atoms. The van der Waals surface area contributed by atoms with E-state index in [4.69, 9.17) is 18.6 Å². The van der Waals surface area contributed by atoms with Gasteiger partial charge in [0.15, 0.2) is 16.9 Å². The zero-order valence-corrected chi connectivity index (χ0v) is 20.7. The Labute approximate surface area is 205 Å². The van der Waals surface area contributed by atoms with Crippen LogP contribution in [-0.4, -0.2) is 43.8 Å². The number of hydrogen-bond donors (Lipinski definition) is 0. The summed E-state index contributed by atoms with van der Waals surface area (Å²) in [4.78, 5) is 28.8. The van der Waals surface area contributed by atoms with Crippen LogP contribution in [-0.2, 0) is 4.74 Å². The molecule has 2 aromatic carbocycles. The van der Waals surface area contributed by atoms with Gasteiger partial charge < -0.3 is 23.5 Å². The maximum Gasteiger partial charge on any atom is 0.290 e. The summed E-state index contributed by atoms with van der Waals surface area (Å²) in [6.45, 7) is 8.60. The highest BCUT2D eigenvalue weighted by Crippen LogP contribution is 2.41. The van der Waals surface area contributed by atoms with Crippen LogP contribution in [0.15, 0.2) is 51.7 Å². The van der Waals surface area contributed by atoms with Crippen LogP contribution in [0.4, 0.5) is 0 Å². The Morgan fingerprint density at radius 2 is 1.74 bits per heavy atom. The molecule has 0 saturated heterocycles.